The van der Waals surface area contributed by atoms with Gasteiger partial charge in [0.1, 0.15) is 20.5 Å². The van der Waals surface area contributed by atoms with Crippen molar-refractivity contribution >= 4 is 44.3 Å². The number of nitrogens with one attached hydrogen (secondary N) is 1. The quantitative estimate of drug-likeness (QED) is 0.608. The Bertz CT molecular complexity index is 1070. The summed E-state index contributed by atoms with van der Waals surface area (Å²) in [6.45, 7) is 2.10. The summed E-state index contributed by atoms with van der Waals surface area (Å²) < 4.78 is 31.7. The molecule has 0 spiro atoms. The van der Waals surface area contributed by atoms with Gasteiger partial charge in [-0.3, -0.25) is 4.79 Å². The molecule has 1 aromatic carbocycles. The van der Waals surface area contributed by atoms with E-state index in [1.807, 2.05) is 17.5 Å². The standard InChI is InChI=1S/C18H19N3O4S3/c1-4-25-13-8-7-12(10-16(13)28(23,24)21(2)3)20-17(22)15-11-19-18(27-15)14-6-5-9-26-14/h5-11H,4H2,1-3H3,(H,20,22). The number of thiophene rings is 1. The molecule has 3 aromatic rings. The molecule has 28 heavy (non-hydrogen) atoms. The molecule has 0 saturated heterocycles. The molecule has 7 nitrogen and oxygen atoms in total. The predicted molar refractivity (Wildman–Crippen MR) is 112 cm³/mol. The van der Waals surface area contributed by atoms with E-state index in [2.05, 4.69) is 10.3 Å². The summed E-state index contributed by atoms with van der Waals surface area (Å²) in [7, 11) is -0.841. The van der Waals surface area contributed by atoms with Crippen LogP contribution in [0.4, 0.5) is 5.69 Å². The first-order valence-electron chi connectivity index (χ1n) is 8.33. The lowest BCUT2D eigenvalue weighted by molar-refractivity contribution is 0.103. The molecule has 0 bridgehead atoms. The first-order valence-corrected chi connectivity index (χ1v) is 11.5. The highest BCUT2D eigenvalue weighted by molar-refractivity contribution is 7.89. The summed E-state index contributed by atoms with van der Waals surface area (Å²) in [6.07, 6.45) is 1.51. The van der Waals surface area contributed by atoms with Crippen molar-refractivity contribution in [3.63, 3.8) is 0 Å². The number of benzene rings is 1. The lowest BCUT2D eigenvalue weighted by Crippen LogP contribution is -2.23. The van der Waals surface area contributed by atoms with Gasteiger partial charge in [0.05, 0.1) is 17.7 Å². The lowest BCUT2D eigenvalue weighted by atomic mass is 10.3. The van der Waals surface area contributed by atoms with Gasteiger partial charge in [-0.15, -0.1) is 22.7 Å². The molecular weight excluding hydrogens is 418 g/mol. The maximum absolute atomic E-state index is 12.6. The van der Waals surface area contributed by atoms with Crippen LogP contribution in [0.2, 0.25) is 0 Å². The molecule has 3 rings (SSSR count). The third kappa shape index (κ3) is 4.25. The van der Waals surface area contributed by atoms with Crippen LogP contribution in [0.15, 0.2) is 46.8 Å². The number of aromatic nitrogens is 1. The first-order chi connectivity index (χ1) is 13.3. The van der Waals surface area contributed by atoms with Crippen LogP contribution in [-0.2, 0) is 10.0 Å². The van der Waals surface area contributed by atoms with Crippen LogP contribution in [0, 0.1) is 0 Å². The Morgan fingerprint density at radius 3 is 2.71 bits per heavy atom. The Kier molecular flexibility index (Phi) is 6.14. The van der Waals surface area contributed by atoms with E-state index in [4.69, 9.17) is 4.74 Å². The first kappa shape index (κ1) is 20.5. The van der Waals surface area contributed by atoms with E-state index in [0.29, 0.717) is 17.2 Å². The number of carbonyl (C=O) groups is 1. The predicted octanol–water partition coefficient (Wildman–Crippen LogP) is 3.77. The van der Waals surface area contributed by atoms with Crippen molar-refractivity contribution in [2.45, 2.75) is 11.8 Å². The van der Waals surface area contributed by atoms with Crippen molar-refractivity contribution in [1.29, 1.82) is 0 Å². The molecule has 148 valence electrons. The Labute approximate surface area is 171 Å². The Morgan fingerprint density at radius 2 is 2.07 bits per heavy atom. The van der Waals surface area contributed by atoms with Gasteiger partial charge in [0.25, 0.3) is 5.91 Å². The minimum atomic E-state index is -3.73. The minimum Gasteiger partial charge on any atom is -0.492 e. The monoisotopic (exact) mass is 437 g/mol. The number of ether oxygens (including phenoxy) is 1. The average molecular weight is 438 g/mol. The molecule has 0 fully saturated rings. The second-order valence-electron chi connectivity index (χ2n) is 5.84. The highest BCUT2D eigenvalue weighted by Crippen LogP contribution is 2.31. The Hall–Kier alpha value is -2.27. The zero-order chi connectivity index (χ0) is 20.3. The van der Waals surface area contributed by atoms with E-state index in [-0.39, 0.29) is 16.6 Å². The Morgan fingerprint density at radius 1 is 1.29 bits per heavy atom. The van der Waals surface area contributed by atoms with Crippen LogP contribution in [0.5, 0.6) is 5.75 Å². The van der Waals surface area contributed by atoms with Crippen molar-refractivity contribution in [2.75, 3.05) is 26.0 Å². The summed E-state index contributed by atoms with van der Waals surface area (Å²) in [5.74, 6) is -0.107. The molecule has 0 radical (unpaired) electrons. The van der Waals surface area contributed by atoms with Crippen LogP contribution >= 0.6 is 22.7 Å². The van der Waals surface area contributed by atoms with E-state index in [9.17, 15) is 13.2 Å². The van der Waals surface area contributed by atoms with Gasteiger partial charge in [-0.25, -0.2) is 17.7 Å². The van der Waals surface area contributed by atoms with Gasteiger partial charge in [0.2, 0.25) is 10.0 Å². The average Bonchev–Trinajstić information content (AvgIpc) is 3.34. The van der Waals surface area contributed by atoms with Crippen LogP contribution < -0.4 is 10.1 Å². The van der Waals surface area contributed by atoms with Crippen molar-refractivity contribution < 1.29 is 17.9 Å². The fraction of sp³-hybridized carbons (Fsp3) is 0.222. The second-order valence-corrected chi connectivity index (χ2v) is 9.94. The SMILES string of the molecule is CCOc1ccc(NC(=O)c2cnc(-c3cccs3)s2)cc1S(=O)(=O)N(C)C. The summed E-state index contributed by atoms with van der Waals surface area (Å²) in [5.41, 5.74) is 0.361. The molecule has 0 aliphatic heterocycles. The fourth-order valence-corrected chi connectivity index (χ4v) is 5.01. The minimum absolute atomic E-state index is 0.000675. The molecule has 0 atom stereocenters. The van der Waals surface area contributed by atoms with Gasteiger partial charge < -0.3 is 10.1 Å². The molecular formula is C18H19N3O4S3. The number of hydrogen-bond donors (Lipinski definition) is 1. The topological polar surface area (TPSA) is 88.6 Å². The molecule has 2 heterocycles. The van der Waals surface area contributed by atoms with Gasteiger partial charge in [-0.2, -0.15) is 0 Å². The number of amides is 1. The summed E-state index contributed by atoms with van der Waals surface area (Å²) in [4.78, 5) is 18.3. The molecule has 0 saturated carbocycles. The zero-order valence-electron chi connectivity index (χ0n) is 15.5. The van der Waals surface area contributed by atoms with E-state index < -0.39 is 10.0 Å². The largest absolute Gasteiger partial charge is 0.492 e. The lowest BCUT2D eigenvalue weighted by Gasteiger charge is -2.16. The highest BCUT2D eigenvalue weighted by Gasteiger charge is 2.23. The normalized spacial score (nSPS) is 11.6. The van der Waals surface area contributed by atoms with Crippen molar-refractivity contribution in [1.82, 2.24) is 9.29 Å². The van der Waals surface area contributed by atoms with Gasteiger partial charge in [0.15, 0.2) is 0 Å². The van der Waals surface area contributed by atoms with Crippen LogP contribution in [0.1, 0.15) is 16.6 Å². The zero-order valence-corrected chi connectivity index (χ0v) is 18.0. The molecule has 10 heteroatoms. The number of nitrogens with zero attached hydrogens (tertiary/aromatic N) is 2. The second kappa shape index (κ2) is 8.39. The number of hydrogen-bond acceptors (Lipinski definition) is 7. The van der Waals surface area contributed by atoms with E-state index in [1.54, 1.807) is 30.4 Å². The molecule has 0 unspecified atom stereocenters. The maximum atomic E-state index is 12.6. The molecule has 2 aromatic heterocycles. The van der Waals surface area contributed by atoms with Crippen LogP contribution in [0.3, 0.4) is 0 Å². The third-order valence-electron chi connectivity index (χ3n) is 3.72. The van der Waals surface area contributed by atoms with E-state index in [0.717, 1.165) is 14.2 Å². The molecule has 0 aliphatic rings. The smallest absolute Gasteiger partial charge is 0.267 e. The van der Waals surface area contributed by atoms with Gasteiger partial charge >= 0.3 is 0 Å². The third-order valence-corrected chi connectivity index (χ3v) is 7.59. The number of sulfonamides is 1. The number of anilines is 1. The van der Waals surface area contributed by atoms with Gasteiger partial charge in [-0.05, 0) is 36.6 Å². The Balaban J connectivity index is 1.87. The molecule has 0 aliphatic carbocycles. The number of rotatable bonds is 7. The molecule has 1 N–H and O–H groups in total. The maximum Gasteiger partial charge on any atom is 0.267 e. The van der Waals surface area contributed by atoms with Crippen molar-refractivity contribution in [3.05, 3.63) is 46.8 Å². The van der Waals surface area contributed by atoms with Crippen LogP contribution in [0.25, 0.3) is 9.88 Å². The summed E-state index contributed by atoms with van der Waals surface area (Å²) in [6, 6.07) is 8.42. The van der Waals surface area contributed by atoms with Gasteiger partial charge in [0, 0.05) is 19.8 Å². The summed E-state index contributed by atoms with van der Waals surface area (Å²) in [5, 5.41) is 5.45. The fourth-order valence-electron chi connectivity index (χ4n) is 2.34. The summed E-state index contributed by atoms with van der Waals surface area (Å²) >= 11 is 2.83. The number of carbonyl (C=O) groups excluding carboxylic acids is 1. The highest BCUT2D eigenvalue weighted by atomic mass is 32.2. The molecule has 1 amide bonds. The van der Waals surface area contributed by atoms with Crippen molar-refractivity contribution in [2.24, 2.45) is 0 Å². The van der Waals surface area contributed by atoms with E-state index >= 15 is 0 Å². The number of thiazole rings is 1. The van der Waals surface area contributed by atoms with E-state index in [1.165, 1.54) is 37.7 Å². The van der Waals surface area contributed by atoms with Crippen LogP contribution in [-0.4, -0.2) is 44.3 Å². The van der Waals surface area contributed by atoms with Crippen molar-refractivity contribution in [3.8, 4) is 15.6 Å². The van der Waals surface area contributed by atoms with Gasteiger partial charge in [-0.1, -0.05) is 6.07 Å².